The Morgan fingerprint density at radius 1 is 0.973 bits per heavy atom. The Hall–Kier alpha value is -3.36. The summed E-state index contributed by atoms with van der Waals surface area (Å²) in [6.45, 7) is 7.25. The highest BCUT2D eigenvalue weighted by atomic mass is 35.5. The summed E-state index contributed by atoms with van der Waals surface area (Å²) in [6.07, 6.45) is 0. The number of likely N-dealkylation sites (N-methyl/N-ethyl adjacent to an activating group) is 1. The molecule has 7 nitrogen and oxygen atoms in total. The van der Waals surface area contributed by atoms with Gasteiger partial charge in [-0.25, -0.2) is 8.42 Å². The summed E-state index contributed by atoms with van der Waals surface area (Å²) in [5.41, 5.74) is 2.93. The summed E-state index contributed by atoms with van der Waals surface area (Å²) in [5.74, 6) is -0.839. The Bertz CT molecular complexity index is 1350. The average molecular weight is 542 g/mol. The monoisotopic (exact) mass is 541 g/mol. The summed E-state index contributed by atoms with van der Waals surface area (Å²) >= 11 is 6.33. The molecule has 0 aliphatic rings. The summed E-state index contributed by atoms with van der Waals surface area (Å²) in [4.78, 5) is 28.0. The van der Waals surface area contributed by atoms with E-state index in [1.165, 1.54) is 23.1 Å². The van der Waals surface area contributed by atoms with Crippen LogP contribution in [0.2, 0.25) is 5.02 Å². The molecule has 0 heterocycles. The highest BCUT2D eigenvalue weighted by molar-refractivity contribution is 7.92. The SMILES string of the molecule is CCNC(=O)C(C)N(Cc1ccc(C)cc1)C(=O)CN(c1ccc(C)c(Cl)c1)S(=O)(=O)c1ccccc1. The van der Waals surface area contributed by atoms with Gasteiger partial charge in [-0.05, 0) is 63.1 Å². The molecule has 3 rings (SSSR count). The second-order valence-electron chi connectivity index (χ2n) is 8.84. The molecule has 0 aliphatic heterocycles. The summed E-state index contributed by atoms with van der Waals surface area (Å²) in [6, 6.07) is 19.6. The molecule has 0 saturated carbocycles. The Labute approximate surface area is 224 Å². The van der Waals surface area contributed by atoms with E-state index in [9.17, 15) is 18.0 Å². The Morgan fingerprint density at radius 2 is 1.62 bits per heavy atom. The molecule has 1 unspecified atom stereocenters. The number of hydrogen-bond donors (Lipinski definition) is 1. The number of sulfonamides is 1. The lowest BCUT2D eigenvalue weighted by Gasteiger charge is -2.32. The first kappa shape index (κ1) is 28.2. The number of nitrogens with one attached hydrogen (secondary N) is 1. The lowest BCUT2D eigenvalue weighted by atomic mass is 10.1. The number of carbonyl (C=O) groups excluding carboxylic acids is 2. The first-order valence-electron chi connectivity index (χ1n) is 12.0. The van der Waals surface area contributed by atoms with E-state index in [0.717, 1.165) is 21.0 Å². The maximum atomic E-state index is 13.8. The van der Waals surface area contributed by atoms with Gasteiger partial charge >= 0.3 is 0 Å². The number of aryl methyl sites for hydroxylation is 2. The highest BCUT2D eigenvalue weighted by Gasteiger charge is 2.32. The standard InChI is InChI=1S/C28H32ClN3O4S/c1-5-30-28(34)22(4)31(18-23-14-11-20(2)12-15-23)27(33)19-32(24-16-13-21(3)26(29)17-24)37(35,36)25-9-7-6-8-10-25/h6-17,22H,5,18-19H2,1-4H3,(H,30,34). The van der Waals surface area contributed by atoms with Gasteiger partial charge in [-0.1, -0.05) is 65.7 Å². The average Bonchev–Trinajstić information content (AvgIpc) is 2.88. The second-order valence-corrected chi connectivity index (χ2v) is 11.1. The molecule has 1 atom stereocenters. The van der Waals surface area contributed by atoms with E-state index in [0.29, 0.717) is 11.6 Å². The van der Waals surface area contributed by atoms with Crippen molar-refractivity contribution in [2.75, 3.05) is 17.4 Å². The smallest absolute Gasteiger partial charge is 0.264 e. The van der Waals surface area contributed by atoms with Crippen LogP contribution in [0.25, 0.3) is 0 Å². The lowest BCUT2D eigenvalue weighted by Crippen LogP contribution is -2.51. The molecule has 0 fully saturated rings. The van der Waals surface area contributed by atoms with Crippen molar-refractivity contribution in [3.8, 4) is 0 Å². The van der Waals surface area contributed by atoms with E-state index < -0.39 is 28.5 Å². The van der Waals surface area contributed by atoms with Crippen molar-refractivity contribution in [1.29, 1.82) is 0 Å². The minimum Gasteiger partial charge on any atom is -0.355 e. The lowest BCUT2D eigenvalue weighted by molar-refractivity contribution is -0.139. The van der Waals surface area contributed by atoms with Crippen LogP contribution in [0.3, 0.4) is 0 Å². The number of nitrogens with zero attached hydrogens (tertiary/aromatic N) is 2. The second kappa shape index (κ2) is 12.3. The highest BCUT2D eigenvalue weighted by Crippen LogP contribution is 2.28. The van der Waals surface area contributed by atoms with Crippen LogP contribution in [0.1, 0.15) is 30.5 Å². The van der Waals surface area contributed by atoms with Crippen LogP contribution >= 0.6 is 11.6 Å². The first-order valence-corrected chi connectivity index (χ1v) is 13.8. The van der Waals surface area contributed by atoms with Crippen molar-refractivity contribution >= 4 is 39.1 Å². The zero-order valence-electron chi connectivity index (χ0n) is 21.4. The molecule has 0 saturated heterocycles. The van der Waals surface area contributed by atoms with Crippen molar-refractivity contribution in [1.82, 2.24) is 10.2 Å². The largest absolute Gasteiger partial charge is 0.355 e. The van der Waals surface area contributed by atoms with E-state index in [1.54, 1.807) is 44.2 Å². The fourth-order valence-electron chi connectivity index (χ4n) is 3.78. The molecule has 0 aromatic heterocycles. The zero-order valence-corrected chi connectivity index (χ0v) is 23.0. The number of rotatable bonds is 10. The summed E-state index contributed by atoms with van der Waals surface area (Å²) in [7, 11) is -4.12. The predicted molar refractivity (Wildman–Crippen MR) is 147 cm³/mol. The van der Waals surface area contributed by atoms with Gasteiger partial charge in [0.2, 0.25) is 11.8 Å². The molecule has 3 aromatic carbocycles. The van der Waals surface area contributed by atoms with Gasteiger partial charge in [0, 0.05) is 18.1 Å². The number of carbonyl (C=O) groups is 2. The molecule has 9 heteroatoms. The van der Waals surface area contributed by atoms with E-state index in [4.69, 9.17) is 11.6 Å². The molecule has 3 aromatic rings. The van der Waals surface area contributed by atoms with Gasteiger partial charge in [0.25, 0.3) is 10.0 Å². The summed E-state index contributed by atoms with van der Waals surface area (Å²) in [5, 5.41) is 3.13. The van der Waals surface area contributed by atoms with Crippen molar-refractivity contribution in [2.24, 2.45) is 0 Å². The molecule has 0 radical (unpaired) electrons. The predicted octanol–water partition coefficient (Wildman–Crippen LogP) is 4.71. The van der Waals surface area contributed by atoms with Crippen LogP contribution in [0.5, 0.6) is 0 Å². The third kappa shape index (κ3) is 6.90. The van der Waals surface area contributed by atoms with E-state index >= 15 is 0 Å². The Kier molecular flexibility index (Phi) is 9.34. The quantitative estimate of drug-likeness (QED) is 0.403. The number of amides is 2. The fraction of sp³-hybridized carbons (Fsp3) is 0.286. The Morgan fingerprint density at radius 3 is 2.22 bits per heavy atom. The van der Waals surface area contributed by atoms with Gasteiger partial charge in [-0.3, -0.25) is 13.9 Å². The van der Waals surface area contributed by atoms with Crippen LogP contribution < -0.4 is 9.62 Å². The number of anilines is 1. The third-order valence-electron chi connectivity index (χ3n) is 6.05. The van der Waals surface area contributed by atoms with Gasteiger partial charge in [0.05, 0.1) is 10.6 Å². The molecule has 196 valence electrons. The van der Waals surface area contributed by atoms with Crippen LogP contribution in [0.15, 0.2) is 77.7 Å². The van der Waals surface area contributed by atoms with Gasteiger partial charge in [-0.2, -0.15) is 0 Å². The minimum absolute atomic E-state index is 0.0429. The van der Waals surface area contributed by atoms with Crippen molar-refractivity contribution < 1.29 is 18.0 Å². The van der Waals surface area contributed by atoms with Crippen molar-refractivity contribution in [2.45, 2.75) is 45.2 Å². The summed E-state index contributed by atoms with van der Waals surface area (Å²) < 4.78 is 28.5. The van der Waals surface area contributed by atoms with Crippen LogP contribution in [-0.4, -0.2) is 44.3 Å². The molecule has 2 amide bonds. The zero-order chi connectivity index (χ0) is 27.2. The molecule has 0 spiro atoms. The normalized spacial score (nSPS) is 12.0. The van der Waals surface area contributed by atoms with Crippen LogP contribution in [-0.2, 0) is 26.2 Å². The minimum atomic E-state index is -4.12. The molecule has 1 N–H and O–H groups in total. The maximum absolute atomic E-state index is 13.8. The van der Waals surface area contributed by atoms with E-state index in [1.807, 2.05) is 38.1 Å². The van der Waals surface area contributed by atoms with Gasteiger partial charge in [-0.15, -0.1) is 0 Å². The number of halogens is 1. The topological polar surface area (TPSA) is 86.8 Å². The van der Waals surface area contributed by atoms with Gasteiger partial charge < -0.3 is 10.2 Å². The number of benzene rings is 3. The molecule has 0 bridgehead atoms. The van der Waals surface area contributed by atoms with Crippen LogP contribution in [0.4, 0.5) is 5.69 Å². The number of hydrogen-bond acceptors (Lipinski definition) is 4. The molecular formula is C28H32ClN3O4S. The van der Waals surface area contributed by atoms with Gasteiger partial charge in [0.1, 0.15) is 12.6 Å². The first-order chi connectivity index (χ1) is 17.5. The molecular weight excluding hydrogens is 510 g/mol. The van der Waals surface area contributed by atoms with Crippen molar-refractivity contribution in [3.05, 3.63) is 94.5 Å². The van der Waals surface area contributed by atoms with Crippen LogP contribution in [0, 0.1) is 13.8 Å². The van der Waals surface area contributed by atoms with Gasteiger partial charge in [0.15, 0.2) is 0 Å². The van der Waals surface area contributed by atoms with Crippen molar-refractivity contribution in [3.63, 3.8) is 0 Å². The Balaban J connectivity index is 2.03. The molecule has 37 heavy (non-hydrogen) atoms. The molecule has 0 aliphatic carbocycles. The van der Waals surface area contributed by atoms with E-state index in [2.05, 4.69) is 5.32 Å². The maximum Gasteiger partial charge on any atom is 0.264 e. The third-order valence-corrected chi connectivity index (χ3v) is 8.24. The van der Waals surface area contributed by atoms with E-state index in [-0.39, 0.29) is 23.0 Å². The fourth-order valence-corrected chi connectivity index (χ4v) is 5.38.